The number of hydrogen-bond acceptors (Lipinski definition) is 4. The fourth-order valence-corrected chi connectivity index (χ4v) is 2.83. The topological polar surface area (TPSA) is 55.4 Å². The lowest BCUT2D eigenvalue weighted by atomic mass is 10.0. The van der Waals surface area contributed by atoms with Crippen molar-refractivity contribution in [3.8, 4) is 11.1 Å². The van der Waals surface area contributed by atoms with E-state index in [1.54, 1.807) is 17.4 Å². The SMILES string of the molecule is COC(=O)c1c(-c2ccc(C)cc2)csc1NC(=O)C(F)(F)F. The van der Waals surface area contributed by atoms with Crippen molar-refractivity contribution >= 4 is 28.2 Å². The summed E-state index contributed by atoms with van der Waals surface area (Å²) in [5.41, 5.74) is 1.94. The zero-order chi connectivity index (χ0) is 17.2. The summed E-state index contributed by atoms with van der Waals surface area (Å²) in [7, 11) is 1.12. The second-order valence-corrected chi connectivity index (χ2v) is 5.54. The molecule has 0 spiro atoms. The zero-order valence-corrected chi connectivity index (χ0v) is 13.0. The van der Waals surface area contributed by atoms with E-state index >= 15 is 0 Å². The lowest BCUT2D eigenvalue weighted by Gasteiger charge is -2.09. The van der Waals surface area contributed by atoms with Crippen molar-refractivity contribution in [1.29, 1.82) is 0 Å². The van der Waals surface area contributed by atoms with E-state index in [0.717, 1.165) is 24.0 Å². The number of nitrogens with one attached hydrogen (secondary N) is 1. The third-order valence-corrected chi connectivity index (χ3v) is 3.92. The Morgan fingerprint density at radius 1 is 1.17 bits per heavy atom. The van der Waals surface area contributed by atoms with Crippen LogP contribution in [0.25, 0.3) is 11.1 Å². The van der Waals surface area contributed by atoms with Gasteiger partial charge in [-0.25, -0.2) is 4.79 Å². The quantitative estimate of drug-likeness (QED) is 0.857. The molecule has 2 rings (SSSR count). The van der Waals surface area contributed by atoms with Gasteiger partial charge < -0.3 is 10.1 Å². The first-order chi connectivity index (χ1) is 10.7. The number of anilines is 1. The summed E-state index contributed by atoms with van der Waals surface area (Å²) in [6, 6.07) is 7.09. The normalized spacial score (nSPS) is 11.2. The minimum absolute atomic E-state index is 0.0982. The Morgan fingerprint density at radius 3 is 2.30 bits per heavy atom. The van der Waals surface area contributed by atoms with Gasteiger partial charge in [-0.3, -0.25) is 4.79 Å². The van der Waals surface area contributed by atoms with E-state index in [1.807, 2.05) is 19.1 Å². The van der Waals surface area contributed by atoms with Crippen LogP contribution in [0, 0.1) is 6.92 Å². The first-order valence-corrected chi connectivity index (χ1v) is 7.27. The van der Waals surface area contributed by atoms with Gasteiger partial charge >= 0.3 is 18.1 Å². The van der Waals surface area contributed by atoms with Crippen LogP contribution in [-0.4, -0.2) is 25.2 Å². The Balaban J connectivity index is 2.47. The van der Waals surface area contributed by atoms with Gasteiger partial charge in [0.2, 0.25) is 0 Å². The van der Waals surface area contributed by atoms with Gasteiger partial charge in [-0.1, -0.05) is 29.8 Å². The van der Waals surface area contributed by atoms with Gasteiger partial charge in [0, 0.05) is 10.9 Å². The molecule has 2 aromatic rings. The lowest BCUT2D eigenvalue weighted by Crippen LogP contribution is -2.30. The monoisotopic (exact) mass is 343 g/mol. The number of hydrogen-bond donors (Lipinski definition) is 1. The number of methoxy groups -OCH3 is 1. The van der Waals surface area contributed by atoms with Gasteiger partial charge in [0.05, 0.1) is 7.11 Å². The van der Waals surface area contributed by atoms with Crippen LogP contribution in [0.5, 0.6) is 0 Å². The molecule has 1 heterocycles. The molecule has 0 unspecified atom stereocenters. The van der Waals surface area contributed by atoms with Crippen molar-refractivity contribution < 1.29 is 27.5 Å². The van der Waals surface area contributed by atoms with E-state index in [9.17, 15) is 22.8 Å². The summed E-state index contributed by atoms with van der Waals surface area (Å²) in [6.07, 6.45) is -5.04. The van der Waals surface area contributed by atoms with E-state index in [-0.39, 0.29) is 10.6 Å². The van der Waals surface area contributed by atoms with Crippen LogP contribution < -0.4 is 5.32 Å². The van der Waals surface area contributed by atoms with Crippen LogP contribution in [0.2, 0.25) is 0 Å². The number of thiophene rings is 1. The fraction of sp³-hybridized carbons (Fsp3) is 0.200. The first-order valence-electron chi connectivity index (χ1n) is 6.39. The average Bonchev–Trinajstić information content (AvgIpc) is 2.90. The van der Waals surface area contributed by atoms with Crippen molar-refractivity contribution in [3.05, 3.63) is 40.8 Å². The Labute approximate surface area is 133 Å². The Hall–Kier alpha value is -2.35. The summed E-state index contributed by atoms with van der Waals surface area (Å²) < 4.78 is 41.8. The lowest BCUT2D eigenvalue weighted by molar-refractivity contribution is -0.167. The molecule has 0 fully saturated rings. The first kappa shape index (κ1) is 17.0. The summed E-state index contributed by atoms with van der Waals surface area (Å²) >= 11 is 0.831. The van der Waals surface area contributed by atoms with Crippen LogP contribution in [0.4, 0.5) is 18.2 Å². The smallest absolute Gasteiger partial charge is 0.465 e. The second kappa shape index (κ2) is 6.41. The summed E-state index contributed by atoms with van der Waals surface area (Å²) in [6.45, 7) is 1.88. The van der Waals surface area contributed by atoms with Gasteiger partial charge in [-0.2, -0.15) is 13.2 Å². The minimum Gasteiger partial charge on any atom is -0.465 e. The third kappa shape index (κ3) is 3.70. The van der Waals surface area contributed by atoms with Crippen molar-refractivity contribution in [2.24, 2.45) is 0 Å². The molecule has 1 aromatic carbocycles. The Morgan fingerprint density at radius 2 is 1.78 bits per heavy atom. The van der Waals surface area contributed by atoms with Crippen LogP contribution in [0.1, 0.15) is 15.9 Å². The maximum atomic E-state index is 12.4. The molecular formula is C15H12F3NO3S. The number of ether oxygens (including phenoxy) is 1. The molecule has 0 bridgehead atoms. The molecule has 1 aromatic heterocycles. The second-order valence-electron chi connectivity index (χ2n) is 4.66. The number of esters is 1. The highest BCUT2D eigenvalue weighted by atomic mass is 32.1. The van der Waals surface area contributed by atoms with Crippen LogP contribution in [0.15, 0.2) is 29.6 Å². The number of benzene rings is 1. The minimum atomic E-state index is -5.04. The van der Waals surface area contributed by atoms with E-state index in [1.165, 1.54) is 5.38 Å². The van der Waals surface area contributed by atoms with Crippen LogP contribution >= 0.6 is 11.3 Å². The number of carbonyl (C=O) groups is 2. The molecule has 0 aliphatic heterocycles. The van der Waals surface area contributed by atoms with E-state index < -0.39 is 18.1 Å². The van der Waals surface area contributed by atoms with Gasteiger partial charge in [-0.15, -0.1) is 11.3 Å². The maximum absolute atomic E-state index is 12.4. The van der Waals surface area contributed by atoms with Gasteiger partial charge in [0.25, 0.3) is 0 Å². The average molecular weight is 343 g/mol. The standard InChI is InChI=1S/C15H12F3NO3S/c1-8-3-5-9(6-4-8)10-7-23-12(11(10)13(20)22-2)19-14(21)15(16,17)18/h3-7H,1-2H3,(H,19,21). The van der Waals surface area contributed by atoms with Crippen LogP contribution in [0.3, 0.4) is 0 Å². The number of amides is 1. The fourth-order valence-electron chi connectivity index (χ4n) is 1.87. The number of carbonyl (C=O) groups excluding carboxylic acids is 2. The zero-order valence-electron chi connectivity index (χ0n) is 12.2. The molecular weight excluding hydrogens is 331 g/mol. The number of alkyl halides is 3. The molecule has 0 radical (unpaired) electrons. The Kier molecular flexibility index (Phi) is 4.74. The van der Waals surface area contributed by atoms with Crippen molar-refractivity contribution in [2.45, 2.75) is 13.1 Å². The molecule has 122 valence electrons. The molecule has 0 saturated heterocycles. The highest BCUT2D eigenvalue weighted by Crippen LogP contribution is 2.37. The molecule has 0 saturated carbocycles. The van der Waals surface area contributed by atoms with E-state index in [0.29, 0.717) is 11.1 Å². The van der Waals surface area contributed by atoms with E-state index in [2.05, 4.69) is 4.74 Å². The number of aryl methyl sites for hydroxylation is 1. The van der Waals surface area contributed by atoms with Crippen LogP contribution in [-0.2, 0) is 9.53 Å². The Bertz CT molecular complexity index is 735. The predicted octanol–water partition coefficient (Wildman–Crippen LogP) is 4.01. The molecule has 8 heteroatoms. The predicted molar refractivity (Wildman–Crippen MR) is 80.5 cm³/mol. The number of rotatable bonds is 3. The van der Waals surface area contributed by atoms with E-state index in [4.69, 9.17) is 0 Å². The molecule has 1 amide bonds. The molecule has 4 nitrogen and oxygen atoms in total. The molecule has 0 aliphatic rings. The third-order valence-electron chi connectivity index (χ3n) is 3.03. The van der Waals surface area contributed by atoms with Gasteiger partial charge in [-0.05, 0) is 12.5 Å². The summed E-state index contributed by atoms with van der Waals surface area (Å²) in [5.74, 6) is -2.96. The molecule has 1 N–H and O–H groups in total. The van der Waals surface area contributed by atoms with Crippen molar-refractivity contribution in [1.82, 2.24) is 0 Å². The highest BCUT2D eigenvalue weighted by Gasteiger charge is 2.39. The van der Waals surface area contributed by atoms with Crippen molar-refractivity contribution in [2.75, 3.05) is 12.4 Å². The van der Waals surface area contributed by atoms with Gasteiger partial charge in [0.1, 0.15) is 10.6 Å². The number of halogens is 3. The van der Waals surface area contributed by atoms with Gasteiger partial charge in [0.15, 0.2) is 0 Å². The highest BCUT2D eigenvalue weighted by molar-refractivity contribution is 7.15. The molecule has 0 aliphatic carbocycles. The van der Waals surface area contributed by atoms with Crippen molar-refractivity contribution in [3.63, 3.8) is 0 Å². The summed E-state index contributed by atoms with van der Waals surface area (Å²) in [5, 5.41) is 3.02. The molecule has 23 heavy (non-hydrogen) atoms. The molecule has 0 atom stereocenters. The summed E-state index contributed by atoms with van der Waals surface area (Å²) in [4.78, 5) is 23.0. The maximum Gasteiger partial charge on any atom is 0.471 e. The largest absolute Gasteiger partial charge is 0.471 e.